The molecule has 3 amide bonds. The summed E-state index contributed by atoms with van der Waals surface area (Å²) in [5, 5.41) is 4.33. The van der Waals surface area contributed by atoms with E-state index in [4.69, 9.17) is 0 Å². The molecule has 1 aliphatic carbocycles. The van der Waals surface area contributed by atoms with Crippen molar-refractivity contribution < 1.29 is 19.1 Å². The van der Waals surface area contributed by atoms with Gasteiger partial charge < -0.3 is 10.1 Å². The Morgan fingerprint density at radius 2 is 1.66 bits per heavy atom. The Labute approximate surface area is 180 Å². The highest BCUT2D eigenvalue weighted by molar-refractivity contribution is 9.10. The van der Waals surface area contributed by atoms with Gasteiger partial charge >= 0.3 is 6.09 Å². The van der Waals surface area contributed by atoms with Crippen molar-refractivity contribution in [2.24, 2.45) is 11.8 Å². The number of amides is 3. The van der Waals surface area contributed by atoms with Crippen molar-refractivity contribution in [2.75, 3.05) is 7.11 Å². The van der Waals surface area contributed by atoms with Crippen molar-refractivity contribution in [1.82, 2.24) is 15.8 Å². The molecule has 0 radical (unpaired) electrons. The fraction of sp³-hybridized carbons (Fsp3) is 0.571. The highest BCUT2D eigenvalue weighted by Gasteiger charge is 2.39. The summed E-state index contributed by atoms with van der Waals surface area (Å²) in [5.74, 6) is -1.27. The van der Waals surface area contributed by atoms with Gasteiger partial charge in [0.2, 0.25) is 11.8 Å². The number of hydrazine groups is 1. The molecule has 2 rings (SSSR count). The lowest BCUT2D eigenvalue weighted by Crippen LogP contribution is -2.54. The van der Waals surface area contributed by atoms with Crippen molar-refractivity contribution in [1.29, 1.82) is 0 Å². The average Bonchev–Trinajstić information content (AvgIpc) is 2.71. The normalized spacial score (nSPS) is 19.9. The minimum atomic E-state index is -0.701. The van der Waals surface area contributed by atoms with E-state index in [1.807, 2.05) is 31.2 Å². The maximum absolute atomic E-state index is 13.2. The Balaban J connectivity index is 2.12. The van der Waals surface area contributed by atoms with Crippen LogP contribution in [0.1, 0.15) is 58.1 Å². The van der Waals surface area contributed by atoms with E-state index >= 15 is 0 Å². The van der Waals surface area contributed by atoms with Crippen LogP contribution in [0.3, 0.4) is 0 Å². The Morgan fingerprint density at radius 1 is 1.07 bits per heavy atom. The number of halogens is 1. The number of nitrogens with zero attached hydrogens (tertiary/aromatic N) is 1. The summed E-state index contributed by atoms with van der Waals surface area (Å²) in [6, 6.07) is 7.36. The van der Waals surface area contributed by atoms with E-state index in [2.05, 4.69) is 31.4 Å². The Morgan fingerprint density at radius 3 is 2.21 bits per heavy atom. The van der Waals surface area contributed by atoms with Crippen LogP contribution in [0.2, 0.25) is 0 Å². The summed E-state index contributed by atoms with van der Waals surface area (Å²) in [7, 11) is 1.25. The number of benzene rings is 1. The van der Waals surface area contributed by atoms with Gasteiger partial charge in [-0.05, 0) is 51.3 Å². The third kappa shape index (κ3) is 6.19. The number of methoxy groups -OCH3 is 1. The van der Waals surface area contributed by atoms with Crippen molar-refractivity contribution in [2.45, 2.75) is 58.5 Å². The van der Waals surface area contributed by atoms with Gasteiger partial charge in [0.1, 0.15) is 0 Å². The summed E-state index contributed by atoms with van der Waals surface area (Å²) >= 11 is 3.41. The molecule has 0 aromatic heterocycles. The molecular formula is C21H30BrN3O4. The van der Waals surface area contributed by atoms with Crippen LogP contribution in [0, 0.1) is 11.8 Å². The standard InChI is InChI=1S/C21H30BrN3O4/c1-13(2)25(24-21(28)29-4)20(27)18-8-6-5-7-17(18)19(26)23-14(3)15-9-11-16(22)12-10-15/h9-14,17-18H,5-8H2,1-4H3,(H,23,26)(H,24,28)/t14-,17-,18+/m0/s1. The van der Waals surface area contributed by atoms with Crippen molar-refractivity contribution in [3.63, 3.8) is 0 Å². The van der Waals surface area contributed by atoms with Crippen LogP contribution in [0.4, 0.5) is 4.79 Å². The zero-order valence-corrected chi connectivity index (χ0v) is 19.0. The SMILES string of the molecule is COC(=O)NN(C(=O)[C@@H]1CCCC[C@@H]1C(=O)N[C@@H](C)c1ccc(Br)cc1)C(C)C. The maximum Gasteiger partial charge on any atom is 0.425 e. The zero-order valence-electron chi connectivity index (χ0n) is 17.4. The van der Waals surface area contributed by atoms with E-state index in [0.29, 0.717) is 12.8 Å². The van der Waals surface area contributed by atoms with E-state index < -0.39 is 17.9 Å². The highest BCUT2D eigenvalue weighted by Crippen LogP contribution is 2.32. The fourth-order valence-corrected chi connectivity index (χ4v) is 3.92. The molecule has 1 saturated carbocycles. The molecule has 1 fully saturated rings. The Bertz CT molecular complexity index is 723. The minimum absolute atomic E-state index is 0.125. The Kier molecular flexibility index (Phi) is 8.49. The van der Waals surface area contributed by atoms with Crippen LogP contribution < -0.4 is 10.7 Å². The van der Waals surface area contributed by atoms with Gasteiger partial charge in [-0.25, -0.2) is 15.2 Å². The molecule has 0 unspecified atom stereocenters. The first kappa shape index (κ1) is 23.2. The van der Waals surface area contributed by atoms with Gasteiger partial charge in [0.15, 0.2) is 0 Å². The summed E-state index contributed by atoms with van der Waals surface area (Å²) in [5.41, 5.74) is 3.48. The molecule has 3 atom stereocenters. The molecule has 0 bridgehead atoms. The predicted molar refractivity (Wildman–Crippen MR) is 114 cm³/mol. The first-order valence-electron chi connectivity index (χ1n) is 9.98. The minimum Gasteiger partial charge on any atom is -0.452 e. The summed E-state index contributed by atoms with van der Waals surface area (Å²) < 4.78 is 5.60. The van der Waals surface area contributed by atoms with E-state index in [0.717, 1.165) is 22.9 Å². The van der Waals surface area contributed by atoms with Gasteiger partial charge in [0.05, 0.1) is 19.1 Å². The van der Waals surface area contributed by atoms with E-state index in [1.165, 1.54) is 12.1 Å². The van der Waals surface area contributed by atoms with Gasteiger partial charge in [-0.2, -0.15) is 0 Å². The second-order valence-corrected chi connectivity index (χ2v) is 8.60. The molecule has 8 heteroatoms. The largest absolute Gasteiger partial charge is 0.452 e. The van der Waals surface area contributed by atoms with Gasteiger partial charge in [-0.15, -0.1) is 0 Å². The van der Waals surface area contributed by atoms with E-state index in [1.54, 1.807) is 13.8 Å². The first-order valence-corrected chi connectivity index (χ1v) is 10.8. The smallest absolute Gasteiger partial charge is 0.425 e. The lowest BCUT2D eigenvalue weighted by Gasteiger charge is -2.35. The fourth-order valence-electron chi connectivity index (χ4n) is 3.66. The molecule has 7 nitrogen and oxygen atoms in total. The molecule has 160 valence electrons. The quantitative estimate of drug-likeness (QED) is 0.641. The molecule has 29 heavy (non-hydrogen) atoms. The number of nitrogens with one attached hydrogen (secondary N) is 2. The third-order valence-electron chi connectivity index (χ3n) is 5.30. The molecule has 1 aromatic rings. The molecule has 1 aromatic carbocycles. The topological polar surface area (TPSA) is 87.7 Å². The van der Waals surface area contributed by atoms with Crippen molar-refractivity contribution >= 4 is 33.8 Å². The van der Waals surface area contributed by atoms with Crippen LogP contribution in [0.5, 0.6) is 0 Å². The number of carbonyl (C=O) groups excluding carboxylic acids is 3. The number of carbonyl (C=O) groups is 3. The van der Waals surface area contributed by atoms with Crippen molar-refractivity contribution in [3.05, 3.63) is 34.3 Å². The molecule has 2 N–H and O–H groups in total. The summed E-state index contributed by atoms with van der Waals surface area (Å²) in [6.07, 6.45) is 2.36. The molecule has 0 spiro atoms. The monoisotopic (exact) mass is 467 g/mol. The number of hydrogen-bond acceptors (Lipinski definition) is 4. The molecule has 0 saturated heterocycles. The van der Waals surface area contributed by atoms with Crippen LogP contribution in [-0.2, 0) is 14.3 Å². The van der Waals surface area contributed by atoms with Gasteiger partial charge in [0, 0.05) is 16.4 Å². The average molecular weight is 468 g/mol. The number of hydrogen-bond donors (Lipinski definition) is 2. The van der Waals surface area contributed by atoms with E-state index in [9.17, 15) is 14.4 Å². The van der Waals surface area contributed by atoms with Gasteiger partial charge in [0.25, 0.3) is 0 Å². The lowest BCUT2D eigenvalue weighted by molar-refractivity contribution is -0.147. The van der Waals surface area contributed by atoms with Crippen LogP contribution >= 0.6 is 15.9 Å². The first-order chi connectivity index (χ1) is 13.7. The second kappa shape index (κ2) is 10.6. The second-order valence-electron chi connectivity index (χ2n) is 7.68. The summed E-state index contributed by atoms with van der Waals surface area (Å²) in [4.78, 5) is 37.8. The van der Waals surface area contributed by atoms with Crippen molar-refractivity contribution in [3.8, 4) is 0 Å². The molecule has 0 heterocycles. The zero-order chi connectivity index (χ0) is 21.6. The predicted octanol–water partition coefficient (Wildman–Crippen LogP) is 3.94. The lowest BCUT2D eigenvalue weighted by atomic mass is 9.77. The molecule has 0 aliphatic heterocycles. The molecule has 1 aliphatic rings. The third-order valence-corrected chi connectivity index (χ3v) is 5.83. The maximum atomic E-state index is 13.2. The Hall–Kier alpha value is -2.09. The van der Waals surface area contributed by atoms with Crippen LogP contribution in [-0.4, -0.2) is 36.1 Å². The number of rotatable bonds is 5. The van der Waals surface area contributed by atoms with Crippen LogP contribution in [0.15, 0.2) is 28.7 Å². The number of ether oxygens (including phenoxy) is 1. The van der Waals surface area contributed by atoms with Gasteiger partial charge in [-0.1, -0.05) is 40.9 Å². The van der Waals surface area contributed by atoms with E-state index in [-0.39, 0.29) is 23.9 Å². The van der Waals surface area contributed by atoms with Crippen LogP contribution in [0.25, 0.3) is 0 Å². The summed E-state index contributed by atoms with van der Waals surface area (Å²) in [6.45, 7) is 5.54. The van der Waals surface area contributed by atoms with Gasteiger partial charge in [-0.3, -0.25) is 9.59 Å². The molecular weight excluding hydrogens is 438 g/mol. The highest BCUT2D eigenvalue weighted by atomic mass is 79.9.